The molecule has 0 radical (unpaired) electrons. The average Bonchev–Trinajstić information content (AvgIpc) is 2.46. The predicted octanol–water partition coefficient (Wildman–Crippen LogP) is 5.17. The lowest BCUT2D eigenvalue weighted by molar-refractivity contribution is -0.138. The molecule has 1 heterocycles. The van der Waals surface area contributed by atoms with Gasteiger partial charge in [-0.05, 0) is 65.0 Å². The van der Waals surface area contributed by atoms with E-state index in [1.165, 1.54) is 0 Å². The van der Waals surface area contributed by atoms with E-state index in [-0.39, 0.29) is 11.5 Å². The normalized spacial score (nSPS) is 12.3. The molecule has 1 aromatic carbocycles. The van der Waals surface area contributed by atoms with Crippen LogP contribution in [-0.4, -0.2) is 23.1 Å². The number of anilines is 1. The molecular weight excluding hydrogens is 368 g/mol. The van der Waals surface area contributed by atoms with Crippen LogP contribution in [0.5, 0.6) is 0 Å². The number of carbonyl (C=O) groups is 1. The van der Waals surface area contributed by atoms with Crippen LogP contribution >= 0.6 is 15.9 Å². The zero-order valence-electron chi connectivity index (χ0n) is 14.7. The minimum Gasteiger partial charge on any atom is -0.463 e. The molecule has 4 nitrogen and oxygen atoms in total. The minimum atomic E-state index is -0.312. The van der Waals surface area contributed by atoms with Crippen molar-refractivity contribution in [1.29, 1.82) is 0 Å². The number of halogens is 1. The SMILES string of the molecule is CCOC(=O)C(C)=Cc1cc2cc(Br)ccc2nc1NC(C)(C)C. The molecule has 5 heteroatoms. The molecule has 0 saturated carbocycles. The topological polar surface area (TPSA) is 51.2 Å². The van der Waals surface area contributed by atoms with Crippen LogP contribution in [-0.2, 0) is 9.53 Å². The quantitative estimate of drug-likeness (QED) is 0.577. The summed E-state index contributed by atoms with van der Waals surface area (Å²) in [7, 11) is 0. The average molecular weight is 391 g/mol. The van der Waals surface area contributed by atoms with E-state index in [2.05, 4.69) is 42.0 Å². The fraction of sp³-hybridized carbons (Fsp3) is 0.368. The lowest BCUT2D eigenvalue weighted by Crippen LogP contribution is -2.27. The molecule has 24 heavy (non-hydrogen) atoms. The van der Waals surface area contributed by atoms with Crippen molar-refractivity contribution in [3.8, 4) is 0 Å². The van der Waals surface area contributed by atoms with Gasteiger partial charge in [0.25, 0.3) is 0 Å². The maximum absolute atomic E-state index is 11.9. The van der Waals surface area contributed by atoms with E-state index < -0.39 is 0 Å². The Kier molecular flexibility index (Phi) is 5.65. The van der Waals surface area contributed by atoms with E-state index in [1.807, 2.05) is 30.3 Å². The lowest BCUT2D eigenvalue weighted by atomic mass is 10.1. The zero-order valence-corrected chi connectivity index (χ0v) is 16.3. The predicted molar refractivity (Wildman–Crippen MR) is 103 cm³/mol. The van der Waals surface area contributed by atoms with Gasteiger partial charge in [0, 0.05) is 26.5 Å². The maximum atomic E-state index is 11.9. The van der Waals surface area contributed by atoms with Gasteiger partial charge in [-0.2, -0.15) is 0 Å². The first kappa shape index (κ1) is 18.5. The first-order valence-electron chi connectivity index (χ1n) is 7.93. The number of nitrogens with one attached hydrogen (secondary N) is 1. The smallest absolute Gasteiger partial charge is 0.333 e. The molecule has 0 spiro atoms. The number of carbonyl (C=O) groups excluding carboxylic acids is 1. The standard InChI is InChI=1S/C19H23BrN2O2/c1-6-24-18(23)12(2)9-14-10-13-11-15(20)7-8-16(13)21-17(14)22-19(3,4)5/h7-11H,6H2,1-5H3,(H,21,22). The molecule has 0 unspecified atom stereocenters. The van der Waals surface area contributed by atoms with Gasteiger partial charge in [0.1, 0.15) is 5.82 Å². The number of ether oxygens (including phenoxy) is 1. The number of benzene rings is 1. The highest BCUT2D eigenvalue weighted by molar-refractivity contribution is 9.10. The van der Waals surface area contributed by atoms with Gasteiger partial charge in [-0.1, -0.05) is 15.9 Å². The summed E-state index contributed by atoms with van der Waals surface area (Å²) in [5.74, 6) is 0.439. The molecule has 2 rings (SSSR count). The zero-order chi connectivity index (χ0) is 17.9. The molecule has 0 aliphatic rings. The van der Waals surface area contributed by atoms with Crippen LogP contribution in [0, 0.1) is 0 Å². The summed E-state index contributed by atoms with van der Waals surface area (Å²) < 4.78 is 6.06. The largest absolute Gasteiger partial charge is 0.463 e. The second kappa shape index (κ2) is 7.34. The Morgan fingerprint density at radius 1 is 1.33 bits per heavy atom. The number of esters is 1. The third-order valence-electron chi connectivity index (χ3n) is 3.27. The number of hydrogen-bond acceptors (Lipinski definition) is 4. The van der Waals surface area contributed by atoms with E-state index in [1.54, 1.807) is 13.8 Å². The summed E-state index contributed by atoms with van der Waals surface area (Å²) in [6.07, 6.45) is 1.82. The molecule has 0 fully saturated rings. The summed E-state index contributed by atoms with van der Waals surface area (Å²) in [5.41, 5.74) is 2.16. The molecule has 0 aliphatic heterocycles. The highest BCUT2D eigenvalue weighted by Crippen LogP contribution is 2.27. The van der Waals surface area contributed by atoms with Crippen molar-refractivity contribution in [2.24, 2.45) is 0 Å². The van der Waals surface area contributed by atoms with Crippen LogP contribution in [0.4, 0.5) is 5.82 Å². The van der Waals surface area contributed by atoms with Crippen molar-refractivity contribution in [1.82, 2.24) is 4.98 Å². The van der Waals surface area contributed by atoms with Crippen LogP contribution in [0.15, 0.2) is 34.3 Å². The van der Waals surface area contributed by atoms with Crippen molar-refractivity contribution in [2.75, 3.05) is 11.9 Å². The van der Waals surface area contributed by atoms with Gasteiger partial charge in [-0.25, -0.2) is 9.78 Å². The molecule has 128 valence electrons. The minimum absolute atomic E-state index is 0.142. The third kappa shape index (κ3) is 4.81. The monoisotopic (exact) mass is 390 g/mol. The van der Waals surface area contributed by atoms with E-state index in [9.17, 15) is 4.79 Å². The highest BCUT2D eigenvalue weighted by atomic mass is 79.9. The maximum Gasteiger partial charge on any atom is 0.333 e. The highest BCUT2D eigenvalue weighted by Gasteiger charge is 2.15. The molecule has 0 saturated heterocycles. The van der Waals surface area contributed by atoms with Gasteiger partial charge >= 0.3 is 5.97 Å². The van der Waals surface area contributed by atoms with Crippen molar-refractivity contribution in [2.45, 2.75) is 40.2 Å². The van der Waals surface area contributed by atoms with E-state index in [0.29, 0.717) is 12.2 Å². The van der Waals surface area contributed by atoms with Crippen LogP contribution < -0.4 is 5.32 Å². The van der Waals surface area contributed by atoms with Crippen LogP contribution in [0.25, 0.3) is 17.0 Å². The summed E-state index contributed by atoms with van der Waals surface area (Å²) in [6, 6.07) is 7.98. The number of aromatic nitrogens is 1. The molecular formula is C19H23BrN2O2. The number of pyridine rings is 1. The van der Waals surface area contributed by atoms with E-state index in [4.69, 9.17) is 9.72 Å². The van der Waals surface area contributed by atoms with Crippen LogP contribution in [0.2, 0.25) is 0 Å². The van der Waals surface area contributed by atoms with Crippen molar-refractivity contribution >= 4 is 44.7 Å². The molecule has 0 atom stereocenters. The summed E-state index contributed by atoms with van der Waals surface area (Å²) in [6.45, 7) is 10.1. The van der Waals surface area contributed by atoms with E-state index >= 15 is 0 Å². The van der Waals surface area contributed by atoms with Crippen LogP contribution in [0.3, 0.4) is 0 Å². The Balaban J connectivity index is 2.57. The van der Waals surface area contributed by atoms with Gasteiger partial charge in [-0.15, -0.1) is 0 Å². The summed E-state index contributed by atoms with van der Waals surface area (Å²) >= 11 is 3.49. The van der Waals surface area contributed by atoms with Gasteiger partial charge in [-0.3, -0.25) is 0 Å². The Bertz CT molecular complexity index is 792. The third-order valence-corrected chi connectivity index (χ3v) is 3.76. The van der Waals surface area contributed by atoms with Crippen molar-refractivity contribution in [3.05, 3.63) is 39.9 Å². The Hall–Kier alpha value is -1.88. The molecule has 0 bridgehead atoms. The summed E-state index contributed by atoms with van der Waals surface area (Å²) in [4.78, 5) is 16.7. The number of fused-ring (bicyclic) bond motifs is 1. The Labute approximate surface area is 151 Å². The van der Waals surface area contributed by atoms with Crippen LogP contribution in [0.1, 0.15) is 40.2 Å². The second-order valence-electron chi connectivity index (χ2n) is 6.69. The van der Waals surface area contributed by atoms with Crippen molar-refractivity contribution in [3.63, 3.8) is 0 Å². The Morgan fingerprint density at radius 3 is 2.67 bits per heavy atom. The first-order valence-corrected chi connectivity index (χ1v) is 8.73. The van der Waals surface area contributed by atoms with Crippen molar-refractivity contribution < 1.29 is 9.53 Å². The molecule has 2 aromatic rings. The Morgan fingerprint density at radius 2 is 2.04 bits per heavy atom. The summed E-state index contributed by atoms with van der Waals surface area (Å²) in [5, 5.41) is 4.42. The molecule has 0 aliphatic carbocycles. The molecule has 0 amide bonds. The second-order valence-corrected chi connectivity index (χ2v) is 7.60. The van der Waals surface area contributed by atoms with E-state index in [0.717, 1.165) is 26.8 Å². The van der Waals surface area contributed by atoms with Gasteiger partial charge < -0.3 is 10.1 Å². The number of rotatable bonds is 4. The first-order chi connectivity index (χ1) is 11.2. The molecule has 1 aromatic heterocycles. The molecule has 1 N–H and O–H groups in total. The fourth-order valence-electron chi connectivity index (χ4n) is 2.27. The van der Waals surface area contributed by atoms with Gasteiger partial charge in [0.05, 0.1) is 12.1 Å². The van der Waals surface area contributed by atoms with Gasteiger partial charge in [0.2, 0.25) is 0 Å². The lowest BCUT2D eigenvalue weighted by Gasteiger charge is -2.23. The fourth-order valence-corrected chi connectivity index (χ4v) is 2.64. The van der Waals surface area contributed by atoms with Gasteiger partial charge in [0.15, 0.2) is 0 Å². The number of hydrogen-bond donors (Lipinski definition) is 1. The number of nitrogens with zero attached hydrogens (tertiary/aromatic N) is 1.